The molecule has 0 aliphatic carbocycles. The fraction of sp³-hybridized carbons (Fsp3) is 0.188. The highest BCUT2D eigenvalue weighted by atomic mass is 35.5. The van der Waals surface area contributed by atoms with Crippen molar-refractivity contribution in [2.75, 3.05) is 18.2 Å². The van der Waals surface area contributed by atoms with Crippen molar-refractivity contribution in [3.63, 3.8) is 0 Å². The average molecular weight is 392 g/mol. The second-order valence-corrected chi connectivity index (χ2v) is 7.75. The van der Waals surface area contributed by atoms with Gasteiger partial charge >= 0.3 is 6.18 Å². The van der Waals surface area contributed by atoms with Gasteiger partial charge in [0.05, 0.1) is 21.2 Å². The predicted octanol–water partition coefficient (Wildman–Crippen LogP) is 4.04. The van der Waals surface area contributed by atoms with Gasteiger partial charge in [0.15, 0.2) is 9.84 Å². The van der Waals surface area contributed by atoms with Gasteiger partial charge in [-0.2, -0.15) is 13.2 Å². The Labute approximate surface area is 147 Å². The van der Waals surface area contributed by atoms with Crippen molar-refractivity contribution in [2.24, 2.45) is 0 Å². The molecule has 9 heteroatoms. The van der Waals surface area contributed by atoms with Crippen LogP contribution in [0.25, 0.3) is 0 Å². The zero-order valence-corrected chi connectivity index (χ0v) is 14.7. The number of nitrogens with zero attached hydrogens (tertiary/aromatic N) is 1. The molecular formula is C16H13ClF3NO3S. The predicted molar refractivity (Wildman–Crippen MR) is 88.7 cm³/mol. The Morgan fingerprint density at radius 2 is 1.76 bits per heavy atom. The van der Waals surface area contributed by atoms with Crippen molar-refractivity contribution in [3.8, 4) is 0 Å². The molecule has 0 aromatic heterocycles. The Morgan fingerprint density at radius 3 is 2.32 bits per heavy atom. The van der Waals surface area contributed by atoms with Gasteiger partial charge in [-0.1, -0.05) is 17.7 Å². The molecule has 1 amide bonds. The van der Waals surface area contributed by atoms with Crippen LogP contribution in [0.5, 0.6) is 0 Å². The van der Waals surface area contributed by atoms with Gasteiger partial charge in [-0.05, 0) is 36.4 Å². The van der Waals surface area contributed by atoms with E-state index in [4.69, 9.17) is 11.6 Å². The van der Waals surface area contributed by atoms with E-state index in [1.54, 1.807) is 0 Å². The lowest BCUT2D eigenvalue weighted by atomic mass is 10.1. The summed E-state index contributed by atoms with van der Waals surface area (Å²) in [5.41, 5.74) is -1.07. The molecule has 0 aliphatic heterocycles. The van der Waals surface area contributed by atoms with Gasteiger partial charge in [0.25, 0.3) is 5.91 Å². The summed E-state index contributed by atoms with van der Waals surface area (Å²) in [6.45, 7) is 0. The molecule has 0 saturated heterocycles. The third kappa shape index (κ3) is 4.32. The van der Waals surface area contributed by atoms with Gasteiger partial charge in [0.1, 0.15) is 0 Å². The first-order valence-corrected chi connectivity index (χ1v) is 9.13. The van der Waals surface area contributed by atoms with Crippen LogP contribution in [-0.4, -0.2) is 27.6 Å². The Balaban J connectivity index is 2.45. The lowest BCUT2D eigenvalue weighted by Crippen LogP contribution is -2.27. The number of hydrogen-bond acceptors (Lipinski definition) is 3. The zero-order chi connectivity index (χ0) is 19.0. The van der Waals surface area contributed by atoms with Crippen LogP contribution in [0, 0.1) is 0 Å². The van der Waals surface area contributed by atoms with Crippen LogP contribution >= 0.6 is 11.6 Å². The number of anilines is 1. The van der Waals surface area contributed by atoms with Gasteiger partial charge in [-0.25, -0.2) is 8.42 Å². The normalized spacial score (nSPS) is 12.1. The number of carbonyl (C=O) groups excluding carboxylic acids is 1. The SMILES string of the molecule is CN(C(=O)c1cccc(S(C)(=O)=O)c1)c1cc(C(F)(F)F)ccc1Cl. The number of hydrogen-bond donors (Lipinski definition) is 0. The topological polar surface area (TPSA) is 54.5 Å². The van der Waals surface area contributed by atoms with E-state index in [9.17, 15) is 26.4 Å². The lowest BCUT2D eigenvalue weighted by Gasteiger charge is -2.20. The smallest absolute Gasteiger partial charge is 0.310 e. The lowest BCUT2D eigenvalue weighted by molar-refractivity contribution is -0.137. The van der Waals surface area contributed by atoms with E-state index in [0.29, 0.717) is 0 Å². The van der Waals surface area contributed by atoms with Crippen molar-refractivity contribution in [3.05, 3.63) is 58.6 Å². The Bertz CT molecular complexity index is 926. The van der Waals surface area contributed by atoms with Crippen molar-refractivity contribution in [1.29, 1.82) is 0 Å². The van der Waals surface area contributed by atoms with Crippen LogP contribution < -0.4 is 4.90 Å². The standard InChI is InChI=1S/C16H13ClF3NO3S/c1-21(14-9-11(16(18,19)20)6-7-13(14)17)15(22)10-4-3-5-12(8-10)25(2,23)24/h3-9H,1-2H3. The van der Waals surface area contributed by atoms with E-state index in [1.165, 1.54) is 25.2 Å². The summed E-state index contributed by atoms with van der Waals surface area (Å²) in [5.74, 6) is -0.688. The molecule has 0 aliphatic rings. The maximum atomic E-state index is 12.9. The first-order valence-electron chi connectivity index (χ1n) is 6.86. The van der Waals surface area contributed by atoms with Gasteiger partial charge in [-0.15, -0.1) is 0 Å². The maximum absolute atomic E-state index is 12.9. The third-order valence-electron chi connectivity index (χ3n) is 3.45. The molecule has 0 radical (unpaired) electrons. The molecule has 0 bridgehead atoms. The quantitative estimate of drug-likeness (QED) is 0.793. The summed E-state index contributed by atoms with van der Waals surface area (Å²) in [7, 11) is -2.27. The molecule has 0 spiro atoms. The summed E-state index contributed by atoms with van der Waals surface area (Å²) in [5, 5.41) is -0.0388. The average Bonchev–Trinajstić information content (AvgIpc) is 2.52. The number of carbonyl (C=O) groups is 1. The molecule has 4 nitrogen and oxygen atoms in total. The largest absolute Gasteiger partial charge is 0.416 e. The van der Waals surface area contributed by atoms with Crippen molar-refractivity contribution < 1.29 is 26.4 Å². The van der Waals surface area contributed by atoms with E-state index in [0.717, 1.165) is 35.4 Å². The van der Waals surface area contributed by atoms with Gasteiger partial charge in [0, 0.05) is 18.9 Å². The second kappa shape index (κ2) is 6.68. The number of alkyl halides is 3. The highest BCUT2D eigenvalue weighted by Gasteiger charge is 2.32. The molecule has 2 rings (SSSR count). The summed E-state index contributed by atoms with van der Waals surface area (Å²) >= 11 is 5.92. The maximum Gasteiger partial charge on any atom is 0.416 e. The molecule has 2 aromatic rings. The monoisotopic (exact) mass is 391 g/mol. The van der Waals surface area contributed by atoms with Crippen molar-refractivity contribution in [1.82, 2.24) is 0 Å². The number of halogens is 4. The molecule has 0 fully saturated rings. The second-order valence-electron chi connectivity index (χ2n) is 5.33. The van der Waals surface area contributed by atoms with Crippen LogP contribution in [-0.2, 0) is 16.0 Å². The summed E-state index contributed by atoms with van der Waals surface area (Å²) in [6.07, 6.45) is -3.59. The van der Waals surface area contributed by atoms with Crippen LogP contribution in [0.15, 0.2) is 47.4 Å². The first-order chi connectivity index (χ1) is 11.4. The summed E-state index contributed by atoms with van der Waals surface area (Å²) in [6, 6.07) is 7.87. The molecule has 0 saturated carbocycles. The minimum Gasteiger partial charge on any atom is -0.310 e. The molecule has 0 atom stereocenters. The third-order valence-corrected chi connectivity index (χ3v) is 4.88. The summed E-state index contributed by atoms with van der Waals surface area (Å²) in [4.78, 5) is 13.4. The minimum atomic E-state index is -4.58. The van der Waals surface area contributed by atoms with Gasteiger partial charge in [0.2, 0.25) is 0 Å². The van der Waals surface area contributed by atoms with E-state index in [1.807, 2.05) is 0 Å². The van der Waals surface area contributed by atoms with E-state index < -0.39 is 27.5 Å². The van der Waals surface area contributed by atoms with Crippen LogP contribution in [0.1, 0.15) is 15.9 Å². The Hall–Kier alpha value is -2.06. The van der Waals surface area contributed by atoms with Crippen LogP contribution in [0.4, 0.5) is 18.9 Å². The molecule has 25 heavy (non-hydrogen) atoms. The molecule has 2 aromatic carbocycles. The Kier molecular flexibility index (Phi) is 5.15. The van der Waals surface area contributed by atoms with Crippen molar-refractivity contribution in [2.45, 2.75) is 11.1 Å². The van der Waals surface area contributed by atoms with Crippen molar-refractivity contribution >= 4 is 33.0 Å². The zero-order valence-electron chi connectivity index (χ0n) is 13.1. The molecule has 0 unspecified atom stereocenters. The highest BCUT2D eigenvalue weighted by molar-refractivity contribution is 7.90. The summed E-state index contributed by atoms with van der Waals surface area (Å²) < 4.78 is 61.7. The number of benzene rings is 2. The molecule has 0 N–H and O–H groups in total. The van der Waals surface area contributed by atoms with Crippen LogP contribution in [0.3, 0.4) is 0 Å². The number of sulfone groups is 1. The van der Waals surface area contributed by atoms with E-state index in [-0.39, 0.29) is 21.2 Å². The molecule has 0 heterocycles. The van der Waals surface area contributed by atoms with E-state index >= 15 is 0 Å². The van der Waals surface area contributed by atoms with Crippen LogP contribution in [0.2, 0.25) is 5.02 Å². The van der Waals surface area contributed by atoms with E-state index in [2.05, 4.69) is 0 Å². The minimum absolute atomic E-state index is 0.0129. The fourth-order valence-electron chi connectivity index (χ4n) is 2.11. The Morgan fingerprint density at radius 1 is 1.12 bits per heavy atom. The number of rotatable bonds is 3. The first kappa shape index (κ1) is 19.3. The molecular weight excluding hydrogens is 379 g/mol. The van der Waals surface area contributed by atoms with Gasteiger partial charge < -0.3 is 4.90 Å². The highest BCUT2D eigenvalue weighted by Crippen LogP contribution is 2.35. The van der Waals surface area contributed by atoms with Gasteiger partial charge in [-0.3, -0.25) is 4.79 Å². The number of amides is 1. The molecule has 134 valence electrons. The fourth-order valence-corrected chi connectivity index (χ4v) is 3.02.